The molecule has 9 heteroatoms. The quantitative estimate of drug-likeness (QED) is 0.572. The molecule has 2 aliphatic rings. The van der Waals surface area contributed by atoms with Crippen LogP contribution in [-0.4, -0.2) is 51.3 Å². The first-order valence-corrected chi connectivity index (χ1v) is 8.80. The predicted octanol–water partition coefficient (Wildman–Crippen LogP) is 1.54. The molecule has 1 aliphatic heterocycles. The van der Waals surface area contributed by atoms with Crippen molar-refractivity contribution in [2.75, 3.05) is 37.5 Å². The summed E-state index contributed by atoms with van der Waals surface area (Å²) in [6, 6.07) is 0.581. The van der Waals surface area contributed by atoms with Gasteiger partial charge in [0.25, 0.3) is 5.91 Å². The van der Waals surface area contributed by atoms with Crippen LogP contribution in [0.4, 0.5) is 24.5 Å². The zero-order valence-electron chi connectivity index (χ0n) is 14.8. The number of rotatable bonds is 6. The lowest BCUT2D eigenvalue weighted by Crippen LogP contribution is -2.52. The molecule has 0 aromatic heterocycles. The standard InChI is InChI=1S/C17H24F3N5O/c1-21-12-7-10(17(26)24-13-8-23-6-5-11(13)18)14(19)15(20)16(12)25(22-2)9-3-4-9/h7,9,11,13,21-23H,3-6,8H2,1-2H3,(H,24,26)/t11-,13-/m0/s1. The van der Waals surface area contributed by atoms with Crippen LogP contribution in [0, 0.1) is 11.6 Å². The summed E-state index contributed by atoms with van der Waals surface area (Å²) in [7, 11) is 3.20. The minimum atomic E-state index is -1.24. The van der Waals surface area contributed by atoms with E-state index in [1.807, 2.05) is 0 Å². The maximum absolute atomic E-state index is 14.8. The van der Waals surface area contributed by atoms with E-state index in [0.717, 1.165) is 12.8 Å². The van der Waals surface area contributed by atoms with E-state index in [1.165, 1.54) is 6.07 Å². The fraction of sp³-hybridized carbons (Fsp3) is 0.588. The lowest BCUT2D eigenvalue weighted by molar-refractivity contribution is 0.0887. The Morgan fingerprint density at radius 1 is 1.23 bits per heavy atom. The third-order valence-corrected chi connectivity index (χ3v) is 4.80. The molecular weight excluding hydrogens is 347 g/mol. The lowest BCUT2D eigenvalue weighted by atomic mass is 10.0. The van der Waals surface area contributed by atoms with E-state index in [4.69, 9.17) is 0 Å². The second kappa shape index (κ2) is 7.71. The van der Waals surface area contributed by atoms with Gasteiger partial charge in [-0.15, -0.1) is 0 Å². The lowest BCUT2D eigenvalue weighted by Gasteiger charge is -2.29. The van der Waals surface area contributed by atoms with Crippen LogP contribution in [-0.2, 0) is 0 Å². The first-order chi connectivity index (χ1) is 12.5. The highest BCUT2D eigenvalue weighted by Gasteiger charge is 2.35. The van der Waals surface area contributed by atoms with Gasteiger partial charge in [-0.2, -0.15) is 0 Å². The molecule has 0 bridgehead atoms. The molecule has 4 N–H and O–H groups in total. The predicted molar refractivity (Wildman–Crippen MR) is 94.1 cm³/mol. The van der Waals surface area contributed by atoms with Crippen LogP contribution in [0.25, 0.3) is 0 Å². The molecule has 3 rings (SSSR count). The highest BCUT2D eigenvalue weighted by atomic mass is 19.2. The number of amides is 1. The average molecular weight is 371 g/mol. The van der Waals surface area contributed by atoms with Gasteiger partial charge in [-0.05, 0) is 31.9 Å². The van der Waals surface area contributed by atoms with Crippen molar-refractivity contribution in [2.45, 2.75) is 37.5 Å². The second-order valence-electron chi connectivity index (χ2n) is 6.61. The molecule has 1 saturated carbocycles. The van der Waals surface area contributed by atoms with E-state index in [1.54, 1.807) is 19.1 Å². The van der Waals surface area contributed by atoms with Crippen molar-refractivity contribution in [3.8, 4) is 0 Å². The summed E-state index contributed by atoms with van der Waals surface area (Å²) < 4.78 is 43.3. The molecule has 1 saturated heterocycles. The highest BCUT2D eigenvalue weighted by molar-refractivity contribution is 5.97. The number of anilines is 2. The molecule has 0 radical (unpaired) electrons. The van der Waals surface area contributed by atoms with Gasteiger partial charge in [-0.1, -0.05) is 0 Å². The van der Waals surface area contributed by atoms with Gasteiger partial charge in [0.2, 0.25) is 0 Å². The molecule has 0 unspecified atom stereocenters. The zero-order valence-corrected chi connectivity index (χ0v) is 14.8. The number of hydrogen-bond acceptors (Lipinski definition) is 5. The molecular formula is C17H24F3N5O. The number of carbonyl (C=O) groups is 1. The number of carbonyl (C=O) groups excluding carboxylic acids is 1. The van der Waals surface area contributed by atoms with Gasteiger partial charge in [0, 0.05) is 26.7 Å². The molecule has 144 valence electrons. The van der Waals surface area contributed by atoms with Gasteiger partial charge >= 0.3 is 0 Å². The molecule has 1 aliphatic carbocycles. The second-order valence-corrected chi connectivity index (χ2v) is 6.61. The summed E-state index contributed by atoms with van der Waals surface area (Å²) >= 11 is 0. The van der Waals surface area contributed by atoms with Crippen LogP contribution in [0.5, 0.6) is 0 Å². The molecule has 1 amide bonds. The van der Waals surface area contributed by atoms with Crippen molar-refractivity contribution < 1.29 is 18.0 Å². The van der Waals surface area contributed by atoms with E-state index in [-0.39, 0.29) is 30.4 Å². The highest BCUT2D eigenvalue weighted by Crippen LogP contribution is 2.38. The van der Waals surface area contributed by atoms with Crippen molar-refractivity contribution >= 4 is 17.3 Å². The maximum Gasteiger partial charge on any atom is 0.254 e. The number of nitrogens with zero attached hydrogens (tertiary/aromatic N) is 1. The van der Waals surface area contributed by atoms with Crippen LogP contribution in [0.1, 0.15) is 29.6 Å². The van der Waals surface area contributed by atoms with E-state index in [2.05, 4.69) is 21.4 Å². The van der Waals surface area contributed by atoms with E-state index in [9.17, 15) is 18.0 Å². The minimum absolute atomic E-state index is 0.0363. The molecule has 2 fully saturated rings. The van der Waals surface area contributed by atoms with Crippen LogP contribution in [0.3, 0.4) is 0 Å². The van der Waals surface area contributed by atoms with E-state index < -0.39 is 35.3 Å². The summed E-state index contributed by atoms with van der Waals surface area (Å²) in [5.41, 5.74) is 2.75. The van der Waals surface area contributed by atoms with Crippen molar-refractivity contribution in [1.29, 1.82) is 0 Å². The van der Waals surface area contributed by atoms with Gasteiger partial charge in [0.15, 0.2) is 11.6 Å². The summed E-state index contributed by atoms with van der Waals surface area (Å²) in [5.74, 6) is -3.18. The van der Waals surface area contributed by atoms with Crippen LogP contribution in [0.15, 0.2) is 6.07 Å². The number of nitrogens with one attached hydrogen (secondary N) is 4. The van der Waals surface area contributed by atoms with Gasteiger partial charge in [-0.25, -0.2) is 18.6 Å². The fourth-order valence-electron chi connectivity index (χ4n) is 3.23. The smallest absolute Gasteiger partial charge is 0.254 e. The largest absolute Gasteiger partial charge is 0.386 e. The zero-order chi connectivity index (χ0) is 18.8. The summed E-state index contributed by atoms with van der Waals surface area (Å²) in [4.78, 5) is 12.4. The number of alkyl halides is 1. The number of hydrogen-bond donors (Lipinski definition) is 4. The van der Waals surface area contributed by atoms with Gasteiger partial charge < -0.3 is 21.0 Å². The van der Waals surface area contributed by atoms with Gasteiger partial charge in [-0.3, -0.25) is 4.79 Å². The first kappa shape index (κ1) is 18.8. The number of piperidine rings is 1. The monoisotopic (exact) mass is 371 g/mol. The third-order valence-electron chi connectivity index (χ3n) is 4.80. The summed E-state index contributed by atoms with van der Waals surface area (Å²) in [6.07, 6.45) is 0.798. The van der Waals surface area contributed by atoms with Crippen molar-refractivity contribution in [3.63, 3.8) is 0 Å². The molecule has 2 atom stereocenters. The van der Waals surface area contributed by atoms with Crippen LogP contribution >= 0.6 is 0 Å². The Labute approximate surface area is 150 Å². The Bertz CT molecular complexity index is 683. The van der Waals surface area contributed by atoms with E-state index in [0.29, 0.717) is 6.54 Å². The van der Waals surface area contributed by atoms with Crippen molar-refractivity contribution in [2.24, 2.45) is 0 Å². The summed E-state index contributed by atoms with van der Waals surface area (Å²) in [6.45, 7) is 0.777. The molecule has 1 heterocycles. The number of hydrazine groups is 1. The first-order valence-electron chi connectivity index (χ1n) is 8.80. The van der Waals surface area contributed by atoms with Crippen LogP contribution < -0.4 is 26.4 Å². The third kappa shape index (κ3) is 3.59. The van der Waals surface area contributed by atoms with Gasteiger partial charge in [0.05, 0.1) is 17.3 Å². The molecule has 6 nitrogen and oxygen atoms in total. The topological polar surface area (TPSA) is 68.4 Å². The maximum atomic E-state index is 14.8. The summed E-state index contributed by atoms with van der Waals surface area (Å²) in [5, 5.41) is 9.81. The Balaban J connectivity index is 1.90. The SMILES string of the molecule is CNc1cc(C(=O)N[C@H]2CNCC[C@@H]2F)c(F)c(F)c1N(NC)C1CC1. The minimum Gasteiger partial charge on any atom is -0.386 e. The number of benzene rings is 1. The molecule has 1 aromatic carbocycles. The molecule has 1 aromatic rings. The fourth-order valence-corrected chi connectivity index (χ4v) is 3.23. The molecule has 0 spiro atoms. The van der Waals surface area contributed by atoms with Gasteiger partial charge in [0.1, 0.15) is 11.9 Å². The molecule has 26 heavy (non-hydrogen) atoms. The normalized spacial score (nSPS) is 22.8. The average Bonchev–Trinajstić information content (AvgIpc) is 3.46. The van der Waals surface area contributed by atoms with Crippen molar-refractivity contribution in [3.05, 3.63) is 23.3 Å². The van der Waals surface area contributed by atoms with E-state index >= 15 is 0 Å². The Morgan fingerprint density at radius 2 is 1.96 bits per heavy atom. The Morgan fingerprint density at radius 3 is 2.54 bits per heavy atom. The Kier molecular flexibility index (Phi) is 5.57. The number of halogens is 3. The van der Waals surface area contributed by atoms with Crippen molar-refractivity contribution in [1.82, 2.24) is 16.1 Å². The Hall–Kier alpha value is -2.00. The van der Waals surface area contributed by atoms with Crippen LogP contribution in [0.2, 0.25) is 0 Å².